The van der Waals surface area contributed by atoms with Crippen LogP contribution in [0.4, 0.5) is 0 Å². The Balaban J connectivity index is 2.54. The number of nitrogens with one attached hydrogen (secondary N) is 2. The lowest BCUT2D eigenvalue weighted by molar-refractivity contribution is -0.138. The zero-order valence-corrected chi connectivity index (χ0v) is 13.5. The summed E-state index contributed by atoms with van der Waals surface area (Å²) < 4.78 is 5.61. The fourth-order valence-electron chi connectivity index (χ4n) is 1.54. The fraction of sp³-hybridized carbons (Fsp3) is 0.467. The van der Waals surface area contributed by atoms with Crippen molar-refractivity contribution in [2.75, 3.05) is 0 Å². The molecule has 6 heteroatoms. The molecule has 116 valence electrons. The Labute approximate surface area is 130 Å². The molecule has 0 saturated heterocycles. The van der Waals surface area contributed by atoms with Crippen LogP contribution in [0.5, 0.6) is 5.75 Å². The van der Waals surface area contributed by atoms with Gasteiger partial charge in [-0.3, -0.25) is 20.4 Å². The summed E-state index contributed by atoms with van der Waals surface area (Å²) >= 11 is 5.79. The van der Waals surface area contributed by atoms with E-state index in [2.05, 4.69) is 10.9 Å². The number of hydrazine groups is 1. The highest BCUT2D eigenvalue weighted by Crippen LogP contribution is 2.20. The van der Waals surface area contributed by atoms with Crippen molar-refractivity contribution in [3.63, 3.8) is 0 Å². The van der Waals surface area contributed by atoms with E-state index in [1.165, 1.54) is 0 Å². The molecule has 21 heavy (non-hydrogen) atoms. The molecule has 0 unspecified atom stereocenters. The van der Waals surface area contributed by atoms with Crippen molar-refractivity contribution in [1.29, 1.82) is 0 Å². The summed E-state index contributed by atoms with van der Waals surface area (Å²) in [6.07, 6.45) is 0.346. The van der Waals surface area contributed by atoms with Crippen LogP contribution in [0.15, 0.2) is 24.3 Å². The molecule has 0 aliphatic heterocycles. The van der Waals surface area contributed by atoms with Crippen molar-refractivity contribution >= 4 is 23.4 Å². The van der Waals surface area contributed by atoms with Crippen LogP contribution in [-0.2, 0) is 9.59 Å². The molecule has 0 saturated carbocycles. The minimum atomic E-state index is -1.13. The minimum absolute atomic E-state index is 0.222. The van der Waals surface area contributed by atoms with Crippen LogP contribution in [0.25, 0.3) is 0 Å². The Kier molecular flexibility index (Phi) is 6.03. The molecule has 0 aliphatic carbocycles. The number of carbonyl (C=O) groups is 2. The molecular weight excluding hydrogens is 292 g/mol. The Bertz CT molecular complexity index is 498. The molecule has 1 aromatic carbocycles. The van der Waals surface area contributed by atoms with Gasteiger partial charge in [0.1, 0.15) is 5.75 Å². The van der Waals surface area contributed by atoms with Crippen LogP contribution < -0.4 is 15.6 Å². The topological polar surface area (TPSA) is 67.4 Å². The van der Waals surface area contributed by atoms with E-state index in [1.54, 1.807) is 38.1 Å². The van der Waals surface area contributed by atoms with Crippen molar-refractivity contribution in [2.45, 2.75) is 39.7 Å². The van der Waals surface area contributed by atoms with Gasteiger partial charge in [0, 0.05) is 11.4 Å². The predicted molar refractivity (Wildman–Crippen MR) is 81.9 cm³/mol. The van der Waals surface area contributed by atoms with Crippen molar-refractivity contribution in [3.8, 4) is 5.75 Å². The van der Waals surface area contributed by atoms with Crippen molar-refractivity contribution < 1.29 is 14.3 Å². The minimum Gasteiger partial charge on any atom is -0.478 e. The number of ether oxygens (including phenoxy) is 1. The third-order valence-corrected chi connectivity index (χ3v) is 2.89. The first kappa shape index (κ1) is 17.3. The Morgan fingerprint density at radius 3 is 2.29 bits per heavy atom. The van der Waals surface area contributed by atoms with Gasteiger partial charge in [-0.15, -0.1) is 0 Å². The monoisotopic (exact) mass is 312 g/mol. The molecule has 0 atom stereocenters. The van der Waals surface area contributed by atoms with Gasteiger partial charge in [-0.05, 0) is 44.0 Å². The van der Waals surface area contributed by atoms with Crippen LogP contribution in [0.3, 0.4) is 0 Å². The van der Waals surface area contributed by atoms with Crippen LogP contribution in [0.1, 0.15) is 34.1 Å². The second-order valence-corrected chi connectivity index (χ2v) is 6.10. The average molecular weight is 313 g/mol. The lowest BCUT2D eigenvalue weighted by Gasteiger charge is -2.25. The molecule has 0 aliphatic rings. The lowest BCUT2D eigenvalue weighted by Crippen LogP contribution is -2.53. The molecule has 0 bridgehead atoms. The van der Waals surface area contributed by atoms with Gasteiger partial charge in [0.2, 0.25) is 5.91 Å². The summed E-state index contributed by atoms with van der Waals surface area (Å²) in [7, 11) is 0. The normalized spacial score (nSPS) is 11.1. The van der Waals surface area contributed by atoms with Crippen LogP contribution >= 0.6 is 11.6 Å². The molecule has 2 N–H and O–H groups in total. The highest BCUT2D eigenvalue weighted by atomic mass is 35.5. The van der Waals surface area contributed by atoms with Crippen LogP contribution in [-0.4, -0.2) is 17.4 Å². The van der Waals surface area contributed by atoms with Crippen molar-refractivity contribution in [1.82, 2.24) is 10.9 Å². The molecule has 1 rings (SSSR count). The zero-order valence-electron chi connectivity index (χ0n) is 12.7. The van der Waals surface area contributed by atoms with Gasteiger partial charge < -0.3 is 4.74 Å². The maximum absolute atomic E-state index is 12.0. The third-order valence-electron chi connectivity index (χ3n) is 2.64. The zero-order chi connectivity index (χ0) is 16.0. The lowest BCUT2D eigenvalue weighted by atomic mass is 10.1. The van der Waals surface area contributed by atoms with E-state index in [0.29, 0.717) is 17.2 Å². The number of rotatable bonds is 5. The molecule has 0 fully saturated rings. The maximum Gasteiger partial charge on any atom is 0.281 e. The highest BCUT2D eigenvalue weighted by Gasteiger charge is 2.30. The molecule has 1 aromatic rings. The fourth-order valence-corrected chi connectivity index (χ4v) is 1.67. The summed E-state index contributed by atoms with van der Waals surface area (Å²) in [5.41, 5.74) is 3.62. The van der Waals surface area contributed by atoms with E-state index in [4.69, 9.17) is 16.3 Å². The molecule has 0 spiro atoms. The molecular formula is C15H21ClN2O3. The number of hydrogen-bond donors (Lipinski definition) is 2. The maximum atomic E-state index is 12.0. The van der Waals surface area contributed by atoms with E-state index in [-0.39, 0.29) is 11.8 Å². The number of hydrogen-bond acceptors (Lipinski definition) is 3. The number of benzene rings is 1. The van der Waals surface area contributed by atoms with Gasteiger partial charge in [0.05, 0.1) is 0 Å². The molecule has 0 radical (unpaired) electrons. The van der Waals surface area contributed by atoms with Gasteiger partial charge in [-0.1, -0.05) is 25.4 Å². The van der Waals surface area contributed by atoms with Crippen LogP contribution in [0, 0.1) is 5.92 Å². The summed E-state index contributed by atoms with van der Waals surface area (Å²) in [4.78, 5) is 23.5. The number of amides is 2. The number of halogens is 1. The Morgan fingerprint density at radius 2 is 1.76 bits per heavy atom. The first-order valence-corrected chi connectivity index (χ1v) is 7.12. The quantitative estimate of drug-likeness (QED) is 0.821. The Hall–Kier alpha value is -1.75. The average Bonchev–Trinajstić information content (AvgIpc) is 2.37. The molecule has 2 amide bonds. The van der Waals surface area contributed by atoms with Gasteiger partial charge in [-0.2, -0.15) is 0 Å². The van der Waals surface area contributed by atoms with Gasteiger partial charge in [-0.25, -0.2) is 0 Å². The molecule has 0 heterocycles. The van der Waals surface area contributed by atoms with Gasteiger partial charge in [0.15, 0.2) is 5.60 Å². The molecule has 5 nitrogen and oxygen atoms in total. The smallest absolute Gasteiger partial charge is 0.281 e. The Morgan fingerprint density at radius 1 is 1.19 bits per heavy atom. The second kappa shape index (κ2) is 7.31. The van der Waals surface area contributed by atoms with Crippen molar-refractivity contribution in [2.24, 2.45) is 5.92 Å². The predicted octanol–water partition coefficient (Wildman–Crippen LogP) is 2.69. The first-order valence-electron chi connectivity index (χ1n) is 6.74. The summed E-state index contributed by atoms with van der Waals surface area (Å²) in [5, 5.41) is 0.588. The van der Waals surface area contributed by atoms with E-state index >= 15 is 0 Å². The van der Waals surface area contributed by atoms with E-state index in [9.17, 15) is 9.59 Å². The summed E-state index contributed by atoms with van der Waals surface area (Å²) in [6.45, 7) is 7.08. The highest BCUT2D eigenvalue weighted by molar-refractivity contribution is 6.30. The van der Waals surface area contributed by atoms with Gasteiger partial charge >= 0.3 is 0 Å². The summed E-state index contributed by atoms with van der Waals surface area (Å²) in [6, 6.07) is 6.70. The van der Waals surface area contributed by atoms with Crippen molar-refractivity contribution in [3.05, 3.63) is 29.3 Å². The first-order chi connectivity index (χ1) is 9.70. The summed E-state index contributed by atoms with van der Waals surface area (Å²) in [5.74, 6) is 0.0727. The number of carbonyl (C=O) groups excluding carboxylic acids is 2. The van der Waals surface area contributed by atoms with Gasteiger partial charge in [0.25, 0.3) is 5.91 Å². The molecule has 0 aromatic heterocycles. The largest absolute Gasteiger partial charge is 0.478 e. The second-order valence-electron chi connectivity index (χ2n) is 5.67. The van der Waals surface area contributed by atoms with Crippen LogP contribution in [0.2, 0.25) is 5.02 Å². The van der Waals surface area contributed by atoms with E-state index < -0.39 is 11.5 Å². The van der Waals surface area contributed by atoms with E-state index in [0.717, 1.165) is 0 Å². The SMILES string of the molecule is CC(C)CC(=O)NNC(=O)C(C)(C)Oc1ccc(Cl)cc1. The van der Waals surface area contributed by atoms with E-state index in [1.807, 2.05) is 13.8 Å². The standard InChI is InChI=1S/C15H21ClN2O3/c1-10(2)9-13(19)17-18-14(20)15(3,4)21-12-7-5-11(16)6-8-12/h5-8,10H,9H2,1-4H3,(H,17,19)(H,18,20). The third kappa shape index (κ3) is 6.04.